The molecule has 1 N–H and O–H groups in total. The predicted octanol–water partition coefficient (Wildman–Crippen LogP) is 3.81. The van der Waals surface area contributed by atoms with Crippen LogP contribution in [0.4, 0.5) is 17.1 Å². The zero-order valence-corrected chi connectivity index (χ0v) is 19.0. The fraction of sp³-hybridized carbons (Fsp3) is 0.273. The molecular formula is C22H22N4O6S. The third kappa shape index (κ3) is 5.75. The Kier molecular flexibility index (Phi) is 7.44. The van der Waals surface area contributed by atoms with E-state index in [0.717, 1.165) is 17.3 Å². The number of nitro groups is 1. The van der Waals surface area contributed by atoms with Gasteiger partial charge in [-0.25, -0.2) is 4.99 Å². The van der Waals surface area contributed by atoms with Crippen LogP contribution in [0.2, 0.25) is 0 Å². The molecule has 0 radical (unpaired) electrons. The standard InChI is InChI=1S/C22H22N4O6S/c1-4-25-21(29)19(12-20(28)23-16-7-5-6-8-18(16)32-14(3)27)33-22(25)24-17-11-15(26(30)31)10-9-13(17)2/h5-11,19H,4,12H2,1-3H3,(H,23,28). The molecule has 3 rings (SSSR count). The van der Waals surface area contributed by atoms with Crippen molar-refractivity contribution in [2.24, 2.45) is 4.99 Å². The van der Waals surface area contributed by atoms with Crippen molar-refractivity contribution in [1.82, 2.24) is 4.90 Å². The summed E-state index contributed by atoms with van der Waals surface area (Å²) in [7, 11) is 0. The van der Waals surface area contributed by atoms with Gasteiger partial charge in [0.25, 0.3) is 5.69 Å². The average molecular weight is 471 g/mol. The first-order chi connectivity index (χ1) is 15.7. The van der Waals surface area contributed by atoms with Crippen molar-refractivity contribution in [3.05, 3.63) is 58.1 Å². The first-order valence-electron chi connectivity index (χ1n) is 10.1. The summed E-state index contributed by atoms with van der Waals surface area (Å²) >= 11 is 1.13. The molecule has 11 heteroatoms. The summed E-state index contributed by atoms with van der Waals surface area (Å²) in [5.74, 6) is -1.01. The lowest BCUT2D eigenvalue weighted by Crippen LogP contribution is -2.33. The van der Waals surface area contributed by atoms with E-state index in [1.807, 2.05) is 0 Å². The van der Waals surface area contributed by atoms with E-state index < -0.39 is 22.0 Å². The molecule has 0 bridgehead atoms. The molecule has 1 atom stereocenters. The monoisotopic (exact) mass is 470 g/mol. The lowest BCUT2D eigenvalue weighted by Gasteiger charge is -2.14. The van der Waals surface area contributed by atoms with Crippen LogP contribution in [0.5, 0.6) is 5.75 Å². The number of carbonyl (C=O) groups excluding carboxylic acids is 3. The van der Waals surface area contributed by atoms with E-state index >= 15 is 0 Å². The van der Waals surface area contributed by atoms with Crippen LogP contribution in [0.3, 0.4) is 0 Å². The van der Waals surface area contributed by atoms with Gasteiger partial charge in [0.15, 0.2) is 10.9 Å². The zero-order chi connectivity index (χ0) is 24.1. The number of non-ortho nitro benzene ring substituents is 1. The zero-order valence-electron chi connectivity index (χ0n) is 18.2. The molecule has 1 aliphatic heterocycles. The number of nitrogens with one attached hydrogen (secondary N) is 1. The van der Waals surface area contributed by atoms with Gasteiger partial charge in [-0.05, 0) is 31.5 Å². The van der Waals surface area contributed by atoms with E-state index in [1.165, 1.54) is 24.0 Å². The van der Waals surface area contributed by atoms with E-state index in [1.54, 1.807) is 44.2 Å². The minimum Gasteiger partial charge on any atom is -0.424 e. The molecule has 0 spiro atoms. The Labute approximate surface area is 194 Å². The molecule has 1 saturated heterocycles. The molecule has 1 heterocycles. The van der Waals surface area contributed by atoms with Crippen molar-refractivity contribution < 1.29 is 24.0 Å². The van der Waals surface area contributed by atoms with Crippen molar-refractivity contribution in [3.8, 4) is 5.75 Å². The number of esters is 1. The van der Waals surface area contributed by atoms with Crippen LogP contribution >= 0.6 is 11.8 Å². The van der Waals surface area contributed by atoms with Crippen molar-refractivity contribution in [3.63, 3.8) is 0 Å². The molecule has 1 aliphatic rings. The maximum Gasteiger partial charge on any atom is 0.308 e. The van der Waals surface area contributed by atoms with Crippen LogP contribution in [0.15, 0.2) is 47.5 Å². The molecule has 1 unspecified atom stereocenters. The number of nitro benzene ring substituents is 1. The van der Waals surface area contributed by atoms with Gasteiger partial charge in [-0.1, -0.05) is 30.0 Å². The highest BCUT2D eigenvalue weighted by Gasteiger charge is 2.38. The van der Waals surface area contributed by atoms with Gasteiger partial charge in [0.2, 0.25) is 11.8 Å². The van der Waals surface area contributed by atoms with Crippen LogP contribution in [-0.4, -0.2) is 44.6 Å². The Morgan fingerprint density at radius 2 is 2.00 bits per heavy atom. The largest absolute Gasteiger partial charge is 0.424 e. The topological polar surface area (TPSA) is 131 Å². The smallest absolute Gasteiger partial charge is 0.308 e. The highest BCUT2D eigenvalue weighted by molar-refractivity contribution is 8.15. The predicted molar refractivity (Wildman–Crippen MR) is 125 cm³/mol. The number of nitrogens with zero attached hydrogens (tertiary/aromatic N) is 3. The molecule has 0 aromatic heterocycles. The molecule has 172 valence electrons. The number of anilines is 1. The van der Waals surface area contributed by atoms with Crippen LogP contribution < -0.4 is 10.1 Å². The summed E-state index contributed by atoms with van der Waals surface area (Å²) in [4.78, 5) is 53.3. The van der Waals surface area contributed by atoms with Crippen molar-refractivity contribution in [1.29, 1.82) is 0 Å². The number of amides is 2. The third-order valence-corrected chi connectivity index (χ3v) is 5.92. The molecule has 2 amide bonds. The maximum absolute atomic E-state index is 12.9. The Morgan fingerprint density at radius 1 is 1.27 bits per heavy atom. The number of para-hydroxylation sites is 2. The summed E-state index contributed by atoms with van der Waals surface area (Å²) in [5, 5.41) is 13.4. The van der Waals surface area contributed by atoms with Crippen LogP contribution in [0.1, 0.15) is 25.8 Å². The normalized spacial score (nSPS) is 16.7. The van der Waals surface area contributed by atoms with Gasteiger partial charge in [-0.2, -0.15) is 0 Å². The minimum absolute atomic E-state index is 0.0975. The second-order valence-electron chi connectivity index (χ2n) is 7.15. The lowest BCUT2D eigenvalue weighted by molar-refractivity contribution is -0.384. The van der Waals surface area contributed by atoms with Crippen LogP contribution in [-0.2, 0) is 14.4 Å². The summed E-state index contributed by atoms with van der Waals surface area (Å²) in [6.07, 6.45) is -0.124. The van der Waals surface area contributed by atoms with Crippen LogP contribution in [0.25, 0.3) is 0 Å². The Bertz CT molecular complexity index is 1150. The minimum atomic E-state index is -0.705. The Balaban J connectivity index is 1.77. The first kappa shape index (κ1) is 23.9. The van der Waals surface area contributed by atoms with Gasteiger partial charge in [0.1, 0.15) is 5.25 Å². The molecule has 0 aliphatic carbocycles. The summed E-state index contributed by atoms with van der Waals surface area (Å²) < 4.78 is 5.09. The quantitative estimate of drug-likeness (QED) is 0.282. The number of hydrogen-bond donors (Lipinski definition) is 1. The molecule has 2 aromatic rings. The maximum atomic E-state index is 12.9. The van der Waals surface area contributed by atoms with Crippen molar-refractivity contribution in [2.45, 2.75) is 32.4 Å². The second kappa shape index (κ2) is 10.3. The van der Waals surface area contributed by atoms with E-state index in [0.29, 0.717) is 23.1 Å². The number of aliphatic imine (C=N–C) groups is 1. The summed E-state index contributed by atoms with van der Waals surface area (Å²) in [6, 6.07) is 10.8. The van der Waals surface area contributed by atoms with Gasteiger partial charge in [-0.15, -0.1) is 0 Å². The number of thioether (sulfide) groups is 1. The highest BCUT2D eigenvalue weighted by atomic mass is 32.2. The van der Waals surface area contributed by atoms with Crippen molar-refractivity contribution in [2.75, 3.05) is 11.9 Å². The number of hydrogen-bond acceptors (Lipinski definition) is 8. The highest BCUT2D eigenvalue weighted by Crippen LogP contribution is 2.34. The number of benzene rings is 2. The molecule has 2 aromatic carbocycles. The van der Waals surface area contributed by atoms with E-state index in [2.05, 4.69) is 10.3 Å². The first-order valence-corrected chi connectivity index (χ1v) is 11.0. The number of carbonyl (C=O) groups is 3. The molecule has 1 fully saturated rings. The second-order valence-corrected chi connectivity index (χ2v) is 8.32. The number of rotatable bonds is 7. The molecule has 0 saturated carbocycles. The SMILES string of the molecule is CCN1C(=O)C(CC(=O)Nc2ccccc2OC(C)=O)SC1=Nc1cc([N+](=O)[O-])ccc1C. The number of amidine groups is 1. The van der Waals surface area contributed by atoms with Gasteiger partial charge < -0.3 is 10.1 Å². The number of aryl methyl sites for hydroxylation is 1. The Morgan fingerprint density at radius 3 is 2.67 bits per heavy atom. The van der Waals surface area contributed by atoms with Gasteiger partial charge in [-0.3, -0.25) is 29.4 Å². The van der Waals surface area contributed by atoms with E-state index in [-0.39, 0.29) is 23.8 Å². The van der Waals surface area contributed by atoms with Gasteiger partial charge in [0, 0.05) is 32.0 Å². The lowest BCUT2D eigenvalue weighted by atomic mass is 10.2. The van der Waals surface area contributed by atoms with Crippen molar-refractivity contribution >= 4 is 51.8 Å². The summed E-state index contributed by atoms with van der Waals surface area (Å²) in [5.41, 5.74) is 1.33. The fourth-order valence-corrected chi connectivity index (χ4v) is 4.35. The Hall–Kier alpha value is -3.73. The van der Waals surface area contributed by atoms with E-state index in [4.69, 9.17) is 4.74 Å². The molecule has 10 nitrogen and oxygen atoms in total. The average Bonchev–Trinajstić information content (AvgIpc) is 3.04. The number of ether oxygens (including phenoxy) is 1. The van der Waals surface area contributed by atoms with E-state index in [9.17, 15) is 24.5 Å². The summed E-state index contributed by atoms with van der Waals surface area (Å²) in [6.45, 7) is 5.15. The van der Waals surface area contributed by atoms with Gasteiger partial charge in [0.05, 0.1) is 16.3 Å². The van der Waals surface area contributed by atoms with Crippen LogP contribution in [0, 0.1) is 17.0 Å². The molecule has 33 heavy (non-hydrogen) atoms. The molecular weight excluding hydrogens is 448 g/mol. The fourth-order valence-electron chi connectivity index (χ4n) is 3.13. The van der Waals surface area contributed by atoms with Gasteiger partial charge >= 0.3 is 5.97 Å². The third-order valence-electron chi connectivity index (χ3n) is 4.74.